The summed E-state index contributed by atoms with van der Waals surface area (Å²) in [5, 5.41) is 25.9. The Morgan fingerprint density at radius 2 is 2.04 bits per heavy atom. The van der Waals surface area contributed by atoms with Crippen LogP contribution in [-0.2, 0) is 11.2 Å². The molecule has 0 saturated carbocycles. The average Bonchev–Trinajstić information content (AvgIpc) is 2.63. The first kappa shape index (κ1) is 20.2. The summed E-state index contributed by atoms with van der Waals surface area (Å²) < 4.78 is 32.2. The number of hydrogen-bond acceptors (Lipinski definition) is 5. The minimum atomic E-state index is -1.65. The van der Waals surface area contributed by atoms with Crippen LogP contribution in [0.25, 0.3) is 0 Å². The molecule has 1 heterocycles. The van der Waals surface area contributed by atoms with Gasteiger partial charge in [0, 0.05) is 23.7 Å². The summed E-state index contributed by atoms with van der Waals surface area (Å²) in [6.45, 7) is 3.78. The van der Waals surface area contributed by atoms with Crippen molar-refractivity contribution in [2.45, 2.75) is 38.2 Å². The maximum atomic E-state index is 13.9. The number of aliphatic hydroxyl groups excluding tert-OH is 2. The molecular weight excluding hydrogens is 370 g/mol. The van der Waals surface area contributed by atoms with Crippen LogP contribution in [0.3, 0.4) is 0 Å². The zero-order chi connectivity index (χ0) is 20.5. The number of ether oxygens (including phenoxy) is 1. The van der Waals surface area contributed by atoms with E-state index in [1.807, 2.05) is 13.8 Å². The zero-order valence-electron chi connectivity index (χ0n) is 15.5. The highest BCUT2D eigenvalue weighted by Crippen LogP contribution is 2.36. The maximum Gasteiger partial charge on any atom is 0.293 e. The van der Waals surface area contributed by atoms with Crippen molar-refractivity contribution in [3.8, 4) is 5.75 Å². The molecule has 3 rings (SSSR count). The van der Waals surface area contributed by atoms with Crippen molar-refractivity contribution >= 4 is 11.6 Å². The minimum absolute atomic E-state index is 0.111. The molecule has 4 N–H and O–H groups in total. The molecule has 0 bridgehead atoms. The van der Waals surface area contributed by atoms with Crippen LogP contribution in [0.1, 0.15) is 31.1 Å². The number of rotatable bonds is 6. The molecule has 1 aliphatic heterocycles. The molecule has 0 aliphatic carbocycles. The average molecular weight is 392 g/mol. The predicted octanol–water partition coefficient (Wildman–Crippen LogP) is 2.26. The van der Waals surface area contributed by atoms with Crippen LogP contribution >= 0.6 is 0 Å². The van der Waals surface area contributed by atoms with Crippen LogP contribution in [-0.4, -0.2) is 34.5 Å². The van der Waals surface area contributed by atoms with Crippen molar-refractivity contribution < 1.29 is 28.5 Å². The van der Waals surface area contributed by atoms with E-state index in [1.54, 1.807) is 18.2 Å². The monoisotopic (exact) mass is 392 g/mol. The molecular formula is C20H22F2N2O4. The van der Waals surface area contributed by atoms with Crippen molar-refractivity contribution in [2.75, 3.05) is 11.9 Å². The Morgan fingerprint density at radius 1 is 1.29 bits per heavy atom. The summed E-state index contributed by atoms with van der Waals surface area (Å²) in [7, 11) is 0. The van der Waals surface area contributed by atoms with Crippen LogP contribution in [0.4, 0.5) is 14.5 Å². The second kappa shape index (κ2) is 7.83. The molecule has 0 spiro atoms. The Labute approximate surface area is 161 Å². The number of β-amino-alcohol motifs (C(OH)–C–C–N with tert-alkyl or cyclic N) is 1. The van der Waals surface area contributed by atoms with Gasteiger partial charge in [-0.05, 0) is 38.0 Å². The molecule has 0 saturated heterocycles. The van der Waals surface area contributed by atoms with Gasteiger partial charge in [0.25, 0.3) is 12.2 Å². The molecule has 28 heavy (non-hydrogen) atoms. The van der Waals surface area contributed by atoms with Crippen LogP contribution in [0.2, 0.25) is 0 Å². The van der Waals surface area contributed by atoms with Crippen LogP contribution in [0, 0.1) is 11.6 Å². The number of para-hydroxylation sites is 1. The van der Waals surface area contributed by atoms with Gasteiger partial charge < -0.3 is 25.6 Å². The minimum Gasteiger partial charge on any atom is -0.453 e. The molecule has 0 fully saturated rings. The topological polar surface area (TPSA) is 90.8 Å². The van der Waals surface area contributed by atoms with E-state index in [4.69, 9.17) is 4.74 Å². The molecule has 2 aromatic rings. The fourth-order valence-corrected chi connectivity index (χ4v) is 3.09. The first-order valence-corrected chi connectivity index (χ1v) is 8.82. The van der Waals surface area contributed by atoms with Gasteiger partial charge in [-0.3, -0.25) is 4.79 Å². The van der Waals surface area contributed by atoms with Gasteiger partial charge in [0.15, 0.2) is 5.75 Å². The van der Waals surface area contributed by atoms with Gasteiger partial charge in [-0.25, -0.2) is 8.78 Å². The largest absolute Gasteiger partial charge is 0.453 e. The summed E-state index contributed by atoms with van der Waals surface area (Å²) in [4.78, 5) is 11.5. The zero-order valence-corrected chi connectivity index (χ0v) is 15.5. The molecule has 2 unspecified atom stereocenters. The SMILES string of the molecule is CC(C)(Cc1ccc(F)cc1F)NCC(O)c1cccc2c1OC(O)C(=O)N2. The molecule has 1 aliphatic rings. The highest BCUT2D eigenvalue weighted by Gasteiger charge is 2.29. The lowest BCUT2D eigenvalue weighted by Crippen LogP contribution is -2.43. The molecule has 2 aromatic carbocycles. The Morgan fingerprint density at radius 3 is 2.75 bits per heavy atom. The molecule has 2 atom stereocenters. The van der Waals surface area contributed by atoms with Gasteiger partial charge in [-0.2, -0.15) is 0 Å². The number of aliphatic hydroxyl groups is 2. The lowest BCUT2D eigenvalue weighted by atomic mass is 9.94. The first-order valence-electron chi connectivity index (χ1n) is 8.82. The highest BCUT2D eigenvalue weighted by atomic mass is 19.1. The molecule has 0 aromatic heterocycles. The number of benzene rings is 2. The van der Waals surface area contributed by atoms with E-state index in [2.05, 4.69) is 10.6 Å². The number of carbonyl (C=O) groups is 1. The van der Waals surface area contributed by atoms with Crippen molar-refractivity contribution in [2.24, 2.45) is 0 Å². The van der Waals surface area contributed by atoms with Gasteiger partial charge in [0.1, 0.15) is 11.6 Å². The Hall–Kier alpha value is -2.55. The summed E-state index contributed by atoms with van der Waals surface area (Å²) >= 11 is 0. The normalized spacial score (nSPS) is 17.5. The van der Waals surface area contributed by atoms with E-state index >= 15 is 0 Å². The summed E-state index contributed by atoms with van der Waals surface area (Å²) in [5.41, 5.74) is 0.523. The smallest absolute Gasteiger partial charge is 0.293 e. The summed E-state index contributed by atoms with van der Waals surface area (Å²) in [5.74, 6) is -1.73. The molecule has 6 nitrogen and oxygen atoms in total. The number of halogens is 2. The van der Waals surface area contributed by atoms with E-state index in [-0.39, 0.29) is 18.7 Å². The van der Waals surface area contributed by atoms with E-state index < -0.39 is 35.5 Å². The van der Waals surface area contributed by atoms with Crippen molar-refractivity contribution in [1.82, 2.24) is 5.32 Å². The Bertz CT molecular complexity index is 889. The fourth-order valence-electron chi connectivity index (χ4n) is 3.09. The molecule has 150 valence electrons. The third kappa shape index (κ3) is 4.46. The lowest BCUT2D eigenvalue weighted by Gasteiger charge is -2.30. The van der Waals surface area contributed by atoms with E-state index in [9.17, 15) is 23.8 Å². The summed E-state index contributed by atoms with van der Waals surface area (Å²) in [6.07, 6.45) is -2.37. The second-order valence-corrected chi connectivity index (χ2v) is 7.38. The van der Waals surface area contributed by atoms with Gasteiger partial charge in [-0.1, -0.05) is 18.2 Å². The van der Waals surface area contributed by atoms with Crippen molar-refractivity contribution in [1.29, 1.82) is 0 Å². The lowest BCUT2D eigenvalue weighted by molar-refractivity contribution is -0.139. The van der Waals surface area contributed by atoms with Crippen LogP contribution in [0.15, 0.2) is 36.4 Å². The predicted molar refractivity (Wildman–Crippen MR) is 98.8 cm³/mol. The second-order valence-electron chi connectivity index (χ2n) is 7.38. The number of carbonyl (C=O) groups excluding carboxylic acids is 1. The quantitative estimate of drug-likeness (QED) is 0.606. The van der Waals surface area contributed by atoms with Crippen molar-refractivity contribution in [3.63, 3.8) is 0 Å². The molecule has 0 radical (unpaired) electrons. The fraction of sp³-hybridized carbons (Fsp3) is 0.350. The number of amides is 1. The Kier molecular flexibility index (Phi) is 5.64. The summed E-state index contributed by atoms with van der Waals surface area (Å²) in [6, 6.07) is 8.32. The standard InChI is InChI=1S/C20H22F2N2O4/c1-20(2,9-11-6-7-12(21)8-14(11)22)23-10-16(25)13-4-3-5-15-17(13)28-19(27)18(26)24-15/h3-8,16,19,23,25,27H,9-10H2,1-2H3,(H,24,26). The number of nitrogens with one attached hydrogen (secondary N) is 2. The first-order chi connectivity index (χ1) is 13.2. The third-order valence-electron chi connectivity index (χ3n) is 4.54. The number of hydrogen-bond donors (Lipinski definition) is 4. The van der Waals surface area contributed by atoms with E-state index in [1.165, 1.54) is 12.1 Å². The van der Waals surface area contributed by atoms with Crippen LogP contribution < -0.4 is 15.4 Å². The van der Waals surface area contributed by atoms with Gasteiger partial charge in [-0.15, -0.1) is 0 Å². The van der Waals surface area contributed by atoms with Gasteiger partial charge >= 0.3 is 0 Å². The molecule has 1 amide bonds. The number of anilines is 1. The number of fused-ring (bicyclic) bond motifs is 1. The van der Waals surface area contributed by atoms with E-state index in [0.717, 1.165) is 6.07 Å². The van der Waals surface area contributed by atoms with Crippen molar-refractivity contribution in [3.05, 3.63) is 59.2 Å². The third-order valence-corrected chi connectivity index (χ3v) is 4.54. The highest BCUT2D eigenvalue weighted by molar-refractivity contribution is 5.97. The van der Waals surface area contributed by atoms with E-state index in [0.29, 0.717) is 16.8 Å². The van der Waals surface area contributed by atoms with Crippen LogP contribution in [0.5, 0.6) is 5.75 Å². The Balaban J connectivity index is 1.69. The van der Waals surface area contributed by atoms with Gasteiger partial charge in [0.05, 0.1) is 11.8 Å². The molecule has 8 heteroatoms. The van der Waals surface area contributed by atoms with Gasteiger partial charge in [0.2, 0.25) is 0 Å². The maximum absolute atomic E-state index is 13.9.